The van der Waals surface area contributed by atoms with E-state index in [2.05, 4.69) is 46.7 Å². The van der Waals surface area contributed by atoms with Crippen LogP contribution < -0.4 is 16.0 Å². The number of amides is 1. The van der Waals surface area contributed by atoms with E-state index in [1.165, 1.54) is 0 Å². The van der Waals surface area contributed by atoms with E-state index in [0.717, 1.165) is 12.5 Å². The molecule has 6 nitrogen and oxygen atoms in total. The summed E-state index contributed by atoms with van der Waals surface area (Å²) in [5, 5.41) is 9.29. The number of carbonyl (C=O) groups is 1. The van der Waals surface area contributed by atoms with Gasteiger partial charge in [0.25, 0.3) is 5.91 Å². The lowest BCUT2D eigenvalue weighted by Gasteiger charge is -2.23. The van der Waals surface area contributed by atoms with Crippen molar-refractivity contribution in [1.29, 1.82) is 0 Å². The van der Waals surface area contributed by atoms with Gasteiger partial charge in [0.2, 0.25) is 0 Å². The molecule has 0 spiro atoms. The van der Waals surface area contributed by atoms with Gasteiger partial charge in [-0.3, -0.25) is 14.8 Å². The lowest BCUT2D eigenvalue weighted by Crippen LogP contribution is -2.47. The molecule has 1 rings (SSSR count). The maximum Gasteiger partial charge on any atom is 0.252 e. The standard InChI is InChI=1S/C15H25N5O.HI/c1-5-17-14(20-15(2,3)4)19-10-9-18-13(21)12-7-6-8-16-11-12;/h6-8,11H,5,9-10H2,1-4H3,(H,18,21)(H2,17,19,20);1H. The highest BCUT2D eigenvalue weighted by Gasteiger charge is 2.11. The van der Waals surface area contributed by atoms with Crippen LogP contribution in [0, 0.1) is 0 Å². The van der Waals surface area contributed by atoms with Gasteiger partial charge in [-0.25, -0.2) is 0 Å². The Morgan fingerprint density at radius 2 is 2.05 bits per heavy atom. The summed E-state index contributed by atoms with van der Waals surface area (Å²) in [6.45, 7) is 10.0. The Balaban J connectivity index is 0.00000441. The summed E-state index contributed by atoms with van der Waals surface area (Å²) < 4.78 is 0. The van der Waals surface area contributed by atoms with Gasteiger partial charge in [-0.2, -0.15) is 0 Å². The Labute approximate surface area is 149 Å². The molecule has 0 radical (unpaired) electrons. The monoisotopic (exact) mass is 419 g/mol. The van der Waals surface area contributed by atoms with Gasteiger partial charge >= 0.3 is 0 Å². The van der Waals surface area contributed by atoms with E-state index >= 15 is 0 Å². The molecule has 0 saturated heterocycles. The first-order valence-electron chi connectivity index (χ1n) is 7.17. The van der Waals surface area contributed by atoms with Crippen LogP contribution in [0.3, 0.4) is 0 Å². The molecular formula is C15H26IN5O. The molecule has 22 heavy (non-hydrogen) atoms. The maximum atomic E-state index is 11.8. The van der Waals surface area contributed by atoms with Crippen LogP contribution in [0.2, 0.25) is 0 Å². The van der Waals surface area contributed by atoms with Gasteiger partial charge in [-0.15, -0.1) is 24.0 Å². The average molecular weight is 419 g/mol. The van der Waals surface area contributed by atoms with Crippen molar-refractivity contribution >= 4 is 35.8 Å². The lowest BCUT2D eigenvalue weighted by molar-refractivity contribution is 0.0954. The van der Waals surface area contributed by atoms with Crippen molar-refractivity contribution in [3.63, 3.8) is 0 Å². The average Bonchev–Trinajstić information content (AvgIpc) is 2.43. The molecule has 1 aromatic rings. The first-order valence-corrected chi connectivity index (χ1v) is 7.17. The maximum absolute atomic E-state index is 11.8. The quantitative estimate of drug-likeness (QED) is 0.294. The van der Waals surface area contributed by atoms with Crippen LogP contribution in [-0.2, 0) is 0 Å². The summed E-state index contributed by atoms with van der Waals surface area (Å²) in [6.07, 6.45) is 3.19. The summed E-state index contributed by atoms with van der Waals surface area (Å²) in [7, 11) is 0. The van der Waals surface area contributed by atoms with Crippen molar-refractivity contribution < 1.29 is 4.79 Å². The van der Waals surface area contributed by atoms with Crippen LogP contribution >= 0.6 is 24.0 Å². The van der Waals surface area contributed by atoms with E-state index in [1.807, 2.05) is 6.92 Å². The first-order chi connectivity index (χ1) is 9.92. The number of aliphatic imine (C=N–C) groups is 1. The number of halogens is 1. The summed E-state index contributed by atoms with van der Waals surface area (Å²) in [4.78, 5) is 20.2. The third-order valence-electron chi connectivity index (χ3n) is 2.43. The van der Waals surface area contributed by atoms with Crippen LogP contribution in [-0.4, -0.2) is 42.0 Å². The fraction of sp³-hybridized carbons (Fsp3) is 0.533. The van der Waals surface area contributed by atoms with Crippen molar-refractivity contribution in [2.24, 2.45) is 4.99 Å². The van der Waals surface area contributed by atoms with Crippen LogP contribution in [0.5, 0.6) is 0 Å². The molecule has 1 heterocycles. The van der Waals surface area contributed by atoms with Crippen molar-refractivity contribution in [3.05, 3.63) is 30.1 Å². The SMILES string of the molecule is CCNC(=NCCNC(=O)c1cccnc1)NC(C)(C)C.I. The molecular weight excluding hydrogens is 393 g/mol. The summed E-state index contributed by atoms with van der Waals surface area (Å²) in [6, 6.07) is 3.47. The molecule has 0 aliphatic rings. The van der Waals surface area contributed by atoms with Crippen LogP contribution in [0.1, 0.15) is 38.1 Å². The highest BCUT2D eigenvalue weighted by atomic mass is 127. The second kappa shape index (κ2) is 10.4. The molecule has 0 unspecified atom stereocenters. The van der Waals surface area contributed by atoms with E-state index in [4.69, 9.17) is 0 Å². The molecule has 3 N–H and O–H groups in total. The minimum Gasteiger partial charge on any atom is -0.357 e. The van der Waals surface area contributed by atoms with Gasteiger partial charge in [0.1, 0.15) is 0 Å². The second-order valence-corrected chi connectivity index (χ2v) is 5.63. The topological polar surface area (TPSA) is 78.4 Å². The number of hydrogen-bond donors (Lipinski definition) is 3. The number of aromatic nitrogens is 1. The molecule has 0 atom stereocenters. The Morgan fingerprint density at radius 3 is 2.59 bits per heavy atom. The molecule has 0 fully saturated rings. The van der Waals surface area contributed by atoms with Crippen molar-refractivity contribution in [1.82, 2.24) is 20.9 Å². The van der Waals surface area contributed by atoms with Gasteiger partial charge in [0, 0.05) is 31.0 Å². The summed E-state index contributed by atoms with van der Waals surface area (Å²) in [5.74, 6) is 0.618. The molecule has 1 amide bonds. The molecule has 0 aliphatic carbocycles. The number of rotatable bonds is 5. The molecule has 0 saturated carbocycles. The predicted molar refractivity (Wildman–Crippen MR) is 101 cm³/mol. The van der Waals surface area contributed by atoms with E-state index in [0.29, 0.717) is 18.7 Å². The first kappa shape index (κ1) is 20.6. The third kappa shape index (κ3) is 8.81. The Bertz CT molecular complexity index is 471. The Kier molecular flexibility index (Phi) is 9.71. The molecule has 7 heteroatoms. The minimum absolute atomic E-state index is 0. The normalized spacial score (nSPS) is 11.4. The van der Waals surface area contributed by atoms with Gasteiger partial charge < -0.3 is 16.0 Å². The smallest absolute Gasteiger partial charge is 0.252 e. The Hall–Kier alpha value is -1.38. The van der Waals surface area contributed by atoms with Crippen molar-refractivity contribution in [3.8, 4) is 0 Å². The highest BCUT2D eigenvalue weighted by molar-refractivity contribution is 14.0. The van der Waals surface area contributed by atoms with E-state index < -0.39 is 0 Å². The van der Waals surface area contributed by atoms with Crippen LogP contribution in [0.25, 0.3) is 0 Å². The minimum atomic E-state index is -0.132. The van der Waals surface area contributed by atoms with Crippen LogP contribution in [0.4, 0.5) is 0 Å². The van der Waals surface area contributed by atoms with E-state index in [9.17, 15) is 4.79 Å². The highest BCUT2D eigenvalue weighted by Crippen LogP contribution is 1.98. The fourth-order valence-corrected chi connectivity index (χ4v) is 1.60. The second-order valence-electron chi connectivity index (χ2n) is 5.63. The zero-order chi connectivity index (χ0) is 15.7. The Morgan fingerprint density at radius 1 is 1.32 bits per heavy atom. The third-order valence-corrected chi connectivity index (χ3v) is 2.43. The summed E-state index contributed by atoms with van der Waals surface area (Å²) >= 11 is 0. The van der Waals surface area contributed by atoms with Gasteiger partial charge in [-0.1, -0.05) is 0 Å². The molecule has 0 aromatic carbocycles. The van der Waals surface area contributed by atoms with E-state index in [-0.39, 0.29) is 35.4 Å². The van der Waals surface area contributed by atoms with Gasteiger partial charge in [-0.05, 0) is 39.8 Å². The van der Waals surface area contributed by atoms with Gasteiger partial charge in [0.05, 0.1) is 12.1 Å². The number of pyridine rings is 1. The van der Waals surface area contributed by atoms with Crippen molar-refractivity contribution in [2.45, 2.75) is 33.2 Å². The summed E-state index contributed by atoms with van der Waals surface area (Å²) in [5.41, 5.74) is 0.501. The largest absolute Gasteiger partial charge is 0.357 e. The van der Waals surface area contributed by atoms with E-state index in [1.54, 1.807) is 24.5 Å². The number of carbonyl (C=O) groups excluding carboxylic acids is 1. The zero-order valence-electron chi connectivity index (χ0n) is 13.6. The van der Waals surface area contributed by atoms with Crippen molar-refractivity contribution in [2.75, 3.05) is 19.6 Å². The molecule has 1 aromatic heterocycles. The number of nitrogens with zero attached hydrogens (tertiary/aromatic N) is 2. The van der Waals surface area contributed by atoms with Gasteiger partial charge in [0.15, 0.2) is 5.96 Å². The molecule has 0 bridgehead atoms. The predicted octanol–water partition coefficient (Wildman–Crippen LogP) is 1.78. The zero-order valence-corrected chi connectivity index (χ0v) is 16.0. The number of hydrogen-bond acceptors (Lipinski definition) is 3. The fourth-order valence-electron chi connectivity index (χ4n) is 1.60. The number of guanidine groups is 1. The molecule has 124 valence electrons. The number of nitrogens with one attached hydrogen (secondary N) is 3. The van der Waals surface area contributed by atoms with Crippen LogP contribution in [0.15, 0.2) is 29.5 Å². The lowest BCUT2D eigenvalue weighted by atomic mass is 10.1. The molecule has 0 aliphatic heterocycles.